The summed E-state index contributed by atoms with van der Waals surface area (Å²) in [4.78, 5) is 11.8. The zero-order valence-electron chi connectivity index (χ0n) is 9.68. The molecule has 0 radical (unpaired) electrons. The van der Waals surface area contributed by atoms with Crippen LogP contribution in [0.1, 0.15) is 36.5 Å². The summed E-state index contributed by atoms with van der Waals surface area (Å²) in [5.41, 5.74) is 0.213. The molecule has 0 bridgehead atoms. The lowest BCUT2D eigenvalue weighted by molar-refractivity contribution is -0.274. The van der Waals surface area contributed by atoms with Crippen LogP contribution in [0.2, 0.25) is 0 Å². The van der Waals surface area contributed by atoms with Crippen LogP contribution in [0.4, 0.5) is 13.2 Å². The molecule has 0 atom stereocenters. The summed E-state index contributed by atoms with van der Waals surface area (Å²) in [6.45, 7) is 1.94. The predicted molar refractivity (Wildman–Crippen MR) is 64.7 cm³/mol. The van der Waals surface area contributed by atoms with Gasteiger partial charge in [-0.1, -0.05) is 29.3 Å². The summed E-state index contributed by atoms with van der Waals surface area (Å²) in [5, 5.41) is 0. The molecule has 0 aliphatic rings. The molecule has 0 heterocycles. The lowest BCUT2D eigenvalue weighted by Crippen LogP contribution is -2.17. The topological polar surface area (TPSA) is 26.3 Å². The van der Waals surface area contributed by atoms with Gasteiger partial charge in [-0.3, -0.25) is 4.79 Å². The lowest BCUT2D eigenvalue weighted by Gasteiger charge is -2.10. The number of unbranched alkanes of at least 4 members (excludes halogenated alkanes) is 1. The number of halogens is 4. The Morgan fingerprint density at radius 3 is 2.61 bits per heavy atom. The molecule has 0 aliphatic heterocycles. The molecule has 0 amide bonds. The summed E-state index contributed by atoms with van der Waals surface area (Å²) in [6, 6.07) is 3.64. The third kappa shape index (κ3) is 4.68. The van der Waals surface area contributed by atoms with Crippen molar-refractivity contribution in [1.29, 1.82) is 0 Å². The number of benzene rings is 1. The maximum atomic E-state index is 12.1. The van der Waals surface area contributed by atoms with Crippen LogP contribution in [0.3, 0.4) is 0 Å². The SMILES string of the molecule is CCCCC(=O)c1cc(OC(F)(F)F)ccc1Br. The van der Waals surface area contributed by atoms with Crippen LogP contribution in [0.5, 0.6) is 5.75 Å². The second-order valence-electron chi connectivity index (χ2n) is 3.72. The summed E-state index contributed by atoms with van der Waals surface area (Å²) in [7, 11) is 0. The number of ketones is 1. The van der Waals surface area contributed by atoms with Crippen LogP contribution in [0.15, 0.2) is 22.7 Å². The molecular formula is C12H12BrF3O2. The molecule has 0 N–H and O–H groups in total. The Labute approximate surface area is 111 Å². The molecule has 100 valence electrons. The summed E-state index contributed by atoms with van der Waals surface area (Å²) in [6.07, 6.45) is -2.89. The zero-order valence-corrected chi connectivity index (χ0v) is 11.3. The van der Waals surface area contributed by atoms with Crippen molar-refractivity contribution in [2.75, 3.05) is 0 Å². The molecule has 1 rings (SSSR count). The molecule has 0 spiro atoms. The Kier molecular flexibility index (Phi) is 5.19. The molecule has 0 saturated heterocycles. The van der Waals surface area contributed by atoms with E-state index in [0.29, 0.717) is 17.3 Å². The average Bonchev–Trinajstić information content (AvgIpc) is 2.26. The molecule has 0 fully saturated rings. The highest BCUT2D eigenvalue weighted by Crippen LogP contribution is 2.28. The maximum absolute atomic E-state index is 12.1. The van der Waals surface area contributed by atoms with Gasteiger partial charge < -0.3 is 4.74 Å². The quantitative estimate of drug-likeness (QED) is 0.732. The van der Waals surface area contributed by atoms with Crippen molar-refractivity contribution in [3.63, 3.8) is 0 Å². The number of carbonyl (C=O) groups excluding carboxylic acids is 1. The van der Waals surface area contributed by atoms with E-state index in [9.17, 15) is 18.0 Å². The summed E-state index contributed by atoms with van der Waals surface area (Å²) < 4.78 is 40.4. The highest BCUT2D eigenvalue weighted by atomic mass is 79.9. The third-order valence-electron chi connectivity index (χ3n) is 2.23. The number of Topliss-reactive ketones (excluding diaryl/α,β-unsaturated/α-hetero) is 1. The van der Waals surface area contributed by atoms with E-state index in [1.807, 2.05) is 6.92 Å². The molecule has 0 unspecified atom stereocenters. The van der Waals surface area contributed by atoms with Crippen molar-refractivity contribution in [2.45, 2.75) is 32.5 Å². The van der Waals surface area contributed by atoms with E-state index in [1.165, 1.54) is 6.07 Å². The van der Waals surface area contributed by atoms with Gasteiger partial charge in [-0.2, -0.15) is 0 Å². The van der Waals surface area contributed by atoms with Crippen molar-refractivity contribution in [3.05, 3.63) is 28.2 Å². The third-order valence-corrected chi connectivity index (χ3v) is 2.92. The van der Waals surface area contributed by atoms with E-state index < -0.39 is 6.36 Å². The molecule has 2 nitrogen and oxygen atoms in total. The second kappa shape index (κ2) is 6.22. The fourth-order valence-corrected chi connectivity index (χ4v) is 1.85. The van der Waals surface area contributed by atoms with Gasteiger partial charge in [0.15, 0.2) is 5.78 Å². The van der Waals surface area contributed by atoms with Gasteiger partial charge in [0.25, 0.3) is 0 Å². The van der Waals surface area contributed by atoms with Crippen LogP contribution in [0, 0.1) is 0 Å². The van der Waals surface area contributed by atoms with Gasteiger partial charge in [0.2, 0.25) is 0 Å². The fourth-order valence-electron chi connectivity index (χ4n) is 1.39. The highest BCUT2D eigenvalue weighted by Gasteiger charge is 2.31. The standard InChI is InChI=1S/C12H12BrF3O2/c1-2-3-4-11(17)9-7-8(5-6-10(9)13)18-12(14,15)16/h5-7H,2-4H2,1H3. The first-order chi connectivity index (χ1) is 8.33. The average molecular weight is 325 g/mol. The van der Waals surface area contributed by atoms with Gasteiger partial charge in [0.1, 0.15) is 5.75 Å². The maximum Gasteiger partial charge on any atom is 0.573 e. The van der Waals surface area contributed by atoms with Crippen LogP contribution >= 0.6 is 15.9 Å². The highest BCUT2D eigenvalue weighted by molar-refractivity contribution is 9.10. The van der Waals surface area contributed by atoms with Crippen molar-refractivity contribution in [2.24, 2.45) is 0 Å². The van der Waals surface area contributed by atoms with Crippen molar-refractivity contribution in [3.8, 4) is 5.75 Å². The van der Waals surface area contributed by atoms with Crippen LogP contribution in [0.25, 0.3) is 0 Å². The number of alkyl halides is 3. The Balaban J connectivity index is 2.91. The largest absolute Gasteiger partial charge is 0.573 e. The van der Waals surface area contributed by atoms with E-state index in [4.69, 9.17) is 0 Å². The van der Waals surface area contributed by atoms with Gasteiger partial charge in [-0.15, -0.1) is 13.2 Å². The normalized spacial score (nSPS) is 11.4. The van der Waals surface area contributed by atoms with Crippen LogP contribution in [-0.4, -0.2) is 12.1 Å². The van der Waals surface area contributed by atoms with E-state index in [-0.39, 0.29) is 17.1 Å². The fraction of sp³-hybridized carbons (Fsp3) is 0.417. The Morgan fingerprint density at radius 1 is 1.39 bits per heavy atom. The number of hydrogen-bond donors (Lipinski definition) is 0. The lowest BCUT2D eigenvalue weighted by atomic mass is 10.1. The van der Waals surface area contributed by atoms with E-state index in [2.05, 4.69) is 20.7 Å². The molecule has 18 heavy (non-hydrogen) atoms. The minimum atomic E-state index is -4.75. The van der Waals surface area contributed by atoms with E-state index in [0.717, 1.165) is 18.6 Å². The Bertz CT molecular complexity index is 430. The molecular weight excluding hydrogens is 313 g/mol. The number of ether oxygens (including phenoxy) is 1. The first kappa shape index (κ1) is 15.0. The van der Waals surface area contributed by atoms with Crippen molar-refractivity contribution >= 4 is 21.7 Å². The molecule has 0 saturated carbocycles. The number of hydrogen-bond acceptors (Lipinski definition) is 2. The molecule has 1 aromatic rings. The van der Waals surface area contributed by atoms with Crippen molar-refractivity contribution < 1.29 is 22.7 Å². The predicted octanol–water partition coefficient (Wildman–Crippen LogP) is 4.72. The van der Waals surface area contributed by atoms with Gasteiger partial charge in [-0.25, -0.2) is 0 Å². The van der Waals surface area contributed by atoms with Gasteiger partial charge in [-0.05, 0) is 24.6 Å². The monoisotopic (exact) mass is 324 g/mol. The number of rotatable bonds is 5. The van der Waals surface area contributed by atoms with Crippen molar-refractivity contribution in [1.82, 2.24) is 0 Å². The van der Waals surface area contributed by atoms with E-state index in [1.54, 1.807) is 0 Å². The Hall–Kier alpha value is -1.04. The second-order valence-corrected chi connectivity index (χ2v) is 4.57. The summed E-state index contributed by atoms with van der Waals surface area (Å²) >= 11 is 3.14. The number of carbonyl (C=O) groups is 1. The molecule has 0 aliphatic carbocycles. The first-order valence-corrected chi connectivity index (χ1v) is 6.21. The molecule has 0 aromatic heterocycles. The minimum Gasteiger partial charge on any atom is -0.406 e. The van der Waals surface area contributed by atoms with E-state index >= 15 is 0 Å². The van der Waals surface area contributed by atoms with Gasteiger partial charge >= 0.3 is 6.36 Å². The van der Waals surface area contributed by atoms with Gasteiger partial charge in [0.05, 0.1) is 0 Å². The zero-order chi connectivity index (χ0) is 13.8. The van der Waals surface area contributed by atoms with Crippen LogP contribution < -0.4 is 4.74 Å². The minimum absolute atomic E-state index is 0.198. The van der Waals surface area contributed by atoms with Crippen LogP contribution in [-0.2, 0) is 0 Å². The smallest absolute Gasteiger partial charge is 0.406 e. The van der Waals surface area contributed by atoms with Gasteiger partial charge in [0, 0.05) is 16.5 Å². The summed E-state index contributed by atoms with van der Waals surface area (Å²) in [5.74, 6) is -0.582. The Morgan fingerprint density at radius 2 is 2.06 bits per heavy atom. The molecule has 6 heteroatoms. The molecule has 1 aromatic carbocycles. The first-order valence-electron chi connectivity index (χ1n) is 5.42.